The zero-order valence-electron chi connectivity index (χ0n) is 12.4. The van der Waals surface area contributed by atoms with E-state index in [-0.39, 0.29) is 5.69 Å². The van der Waals surface area contributed by atoms with E-state index in [1.807, 2.05) is 11.9 Å². The number of carbonyl (C=O) groups is 1. The van der Waals surface area contributed by atoms with Crippen LogP contribution in [0.3, 0.4) is 0 Å². The lowest BCUT2D eigenvalue weighted by atomic mass is 10.1. The summed E-state index contributed by atoms with van der Waals surface area (Å²) in [6.45, 7) is 5.01. The van der Waals surface area contributed by atoms with Crippen molar-refractivity contribution in [2.24, 2.45) is 5.92 Å². The lowest BCUT2D eigenvalue weighted by molar-refractivity contribution is -0.384. The summed E-state index contributed by atoms with van der Waals surface area (Å²) in [5.74, 6) is -0.612. The van der Waals surface area contributed by atoms with Crippen molar-refractivity contribution >= 4 is 23.4 Å². The molecule has 1 atom stereocenters. The summed E-state index contributed by atoms with van der Waals surface area (Å²) < 4.78 is 0. The van der Waals surface area contributed by atoms with E-state index < -0.39 is 10.9 Å². The maximum absolute atomic E-state index is 10.8. The van der Waals surface area contributed by atoms with E-state index in [1.165, 1.54) is 18.2 Å². The molecule has 0 aliphatic heterocycles. The Kier molecular flexibility index (Phi) is 5.90. The molecule has 21 heavy (non-hydrogen) atoms. The number of hydrogen-bond donors (Lipinski definition) is 1. The van der Waals surface area contributed by atoms with Crippen LogP contribution in [0.2, 0.25) is 0 Å². The first kappa shape index (κ1) is 16.7. The summed E-state index contributed by atoms with van der Waals surface area (Å²) >= 11 is 0. The quantitative estimate of drug-likeness (QED) is 0.474. The second-order valence-electron chi connectivity index (χ2n) is 5.07. The van der Waals surface area contributed by atoms with Crippen molar-refractivity contribution in [1.82, 2.24) is 0 Å². The molecule has 0 fully saturated rings. The first-order valence-corrected chi connectivity index (χ1v) is 6.75. The Balaban J connectivity index is 3.17. The highest BCUT2D eigenvalue weighted by Crippen LogP contribution is 2.27. The van der Waals surface area contributed by atoms with E-state index in [0.717, 1.165) is 24.7 Å². The molecule has 1 aromatic rings. The van der Waals surface area contributed by atoms with Crippen LogP contribution in [0.5, 0.6) is 0 Å². The van der Waals surface area contributed by atoms with Gasteiger partial charge in [-0.15, -0.1) is 0 Å². The van der Waals surface area contributed by atoms with Crippen molar-refractivity contribution in [3.63, 3.8) is 0 Å². The maximum atomic E-state index is 10.8. The molecule has 0 saturated heterocycles. The Bertz CT molecular complexity index is 555. The summed E-state index contributed by atoms with van der Waals surface area (Å²) in [4.78, 5) is 23.0. The third-order valence-electron chi connectivity index (χ3n) is 3.32. The number of nitrogens with zero attached hydrogens (tertiary/aromatic N) is 2. The number of rotatable bonds is 7. The Morgan fingerprint density at radius 1 is 1.52 bits per heavy atom. The Morgan fingerprint density at radius 2 is 2.19 bits per heavy atom. The molecule has 1 aromatic carbocycles. The number of anilines is 1. The third kappa shape index (κ3) is 4.91. The Labute approximate surface area is 123 Å². The van der Waals surface area contributed by atoms with Crippen LogP contribution < -0.4 is 4.90 Å². The number of aliphatic carboxylic acids is 1. The molecule has 0 heterocycles. The van der Waals surface area contributed by atoms with Gasteiger partial charge in [0.2, 0.25) is 0 Å². The number of carboxylic acids is 1. The lowest BCUT2D eigenvalue weighted by Gasteiger charge is -2.24. The number of benzene rings is 1. The number of hydrogen-bond acceptors (Lipinski definition) is 4. The van der Waals surface area contributed by atoms with Crippen molar-refractivity contribution in [1.29, 1.82) is 0 Å². The van der Waals surface area contributed by atoms with E-state index in [1.54, 1.807) is 6.07 Å². The van der Waals surface area contributed by atoms with Crippen molar-refractivity contribution < 1.29 is 14.8 Å². The molecule has 114 valence electrons. The number of non-ortho nitro benzene ring substituents is 1. The summed E-state index contributed by atoms with van der Waals surface area (Å²) in [7, 11) is 1.89. The number of nitro benzene ring substituents is 1. The summed E-state index contributed by atoms with van der Waals surface area (Å²) in [6, 6.07) is 4.48. The van der Waals surface area contributed by atoms with Gasteiger partial charge in [0.1, 0.15) is 0 Å². The molecule has 1 N–H and O–H groups in total. The van der Waals surface area contributed by atoms with E-state index >= 15 is 0 Å². The van der Waals surface area contributed by atoms with Gasteiger partial charge in [-0.2, -0.15) is 0 Å². The highest BCUT2D eigenvalue weighted by Gasteiger charge is 2.13. The zero-order chi connectivity index (χ0) is 16.0. The lowest BCUT2D eigenvalue weighted by Crippen LogP contribution is -2.24. The van der Waals surface area contributed by atoms with Crippen LogP contribution in [0.25, 0.3) is 6.08 Å². The largest absolute Gasteiger partial charge is 0.478 e. The highest BCUT2D eigenvalue weighted by atomic mass is 16.6. The predicted octanol–water partition coefficient (Wildman–Crippen LogP) is 3.17. The fourth-order valence-corrected chi connectivity index (χ4v) is 1.99. The number of nitro groups is 1. The van der Waals surface area contributed by atoms with E-state index in [2.05, 4.69) is 13.8 Å². The van der Waals surface area contributed by atoms with Crippen LogP contribution >= 0.6 is 0 Å². The fourth-order valence-electron chi connectivity index (χ4n) is 1.99. The molecule has 0 spiro atoms. The normalized spacial score (nSPS) is 12.3. The van der Waals surface area contributed by atoms with Crippen LogP contribution in [0.15, 0.2) is 24.3 Å². The van der Waals surface area contributed by atoms with Gasteiger partial charge in [0.05, 0.1) is 4.92 Å². The van der Waals surface area contributed by atoms with Gasteiger partial charge in [-0.3, -0.25) is 10.1 Å². The van der Waals surface area contributed by atoms with Crippen molar-refractivity contribution in [2.75, 3.05) is 18.5 Å². The summed E-state index contributed by atoms with van der Waals surface area (Å²) in [6.07, 6.45) is 3.40. The summed E-state index contributed by atoms with van der Waals surface area (Å²) in [5.41, 5.74) is 1.25. The second-order valence-corrected chi connectivity index (χ2v) is 5.07. The predicted molar refractivity (Wildman–Crippen MR) is 82.5 cm³/mol. The monoisotopic (exact) mass is 292 g/mol. The molecule has 1 rings (SSSR count). The van der Waals surface area contributed by atoms with Gasteiger partial charge >= 0.3 is 5.97 Å². The van der Waals surface area contributed by atoms with Gasteiger partial charge in [-0.25, -0.2) is 4.79 Å². The molecule has 1 unspecified atom stereocenters. The van der Waals surface area contributed by atoms with Gasteiger partial charge in [0.25, 0.3) is 5.69 Å². The minimum absolute atomic E-state index is 0.0549. The van der Waals surface area contributed by atoms with E-state index in [9.17, 15) is 14.9 Å². The first-order valence-electron chi connectivity index (χ1n) is 6.75. The van der Waals surface area contributed by atoms with E-state index in [0.29, 0.717) is 11.5 Å². The van der Waals surface area contributed by atoms with Crippen LogP contribution in [0, 0.1) is 16.0 Å². The highest BCUT2D eigenvalue weighted by molar-refractivity contribution is 5.87. The molecule has 0 radical (unpaired) electrons. The van der Waals surface area contributed by atoms with Crippen LogP contribution in [-0.4, -0.2) is 29.6 Å². The molecule has 0 bridgehead atoms. The molecule has 0 saturated carbocycles. The van der Waals surface area contributed by atoms with Crippen LogP contribution in [0.4, 0.5) is 11.4 Å². The Morgan fingerprint density at radius 3 is 2.71 bits per heavy atom. The standard InChI is InChI=1S/C15H20N2O4/c1-4-11(2)10-16(3)14-7-6-13(17(20)21)9-12(14)5-8-15(18)19/h5-9,11H,4,10H2,1-3H3,(H,18,19)/b8-5+. The first-order chi connectivity index (χ1) is 9.85. The van der Waals surface area contributed by atoms with Crippen molar-refractivity contribution in [3.8, 4) is 0 Å². The van der Waals surface area contributed by atoms with Gasteiger partial charge in [0.15, 0.2) is 0 Å². The van der Waals surface area contributed by atoms with Crippen molar-refractivity contribution in [3.05, 3.63) is 40.0 Å². The topological polar surface area (TPSA) is 83.7 Å². The fraction of sp³-hybridized carbons (Fsp3) is 0.400. The molecule has 6 heteroatoms. The van der Waals surface area contributed by atoms with E-state index in [4.69, 9.17) is 5.11 Å². The van der Waals surface area contributed by atoms with Gasteiger partial charge in [0, 0.05) is 43.1 Å². The summed E-state index contributed by atoms with van der Waals surface area (Å²) in [5, 5.41) is 19.6. The molecule has 0 amide bonds. The average molecular weight is 292 g/mol. The molecular formula is C15H20N2O4. The zero-order valence-corrected chi connectivity index (χ0v) is 12.4. The van der Waals surface area contributed by atoms with Gasteiger partial charge in [-0.05, 0) is 18.1 Å². The van der Waals surface area contributed by atoms with Crippen LogP contribution in [-0.2, 0) is 4.79 Å². The molecular weight excluding hydrogens is 272 g/mol. The SMILES string of the molecule is CCC(C)CN(C)c1ccc([N+](=O)[O-])cc1/C=C/C(=O)O. The smallest absolute Gasteiger partial charge is 0.328 e. The third-order valence-corrected chi connectivity index (χ3v) is 3.32. The maximum Gasteiger partial charge on any atom is 0.328 e. The van der Waals surface area contributed by atoms with Gasteiger partial charge in [-0.1, -0.05) is 20.3 Å². The molecule has 0 aromatic heterocycles. The van der Waals surface area contributed by atoms with Crippen LogP contribution in [0.1, 0.15) is 25.8 Å². The second kappa shape index (κ2) is 7.42. The molecule has 6 nitrogen and oxygen atoms in total. The Hall–Kier alpha value is -2.37. The average Bonchev–Trinajstić information content (AvgIpc) is 2.44. The van der Waals surface area contributed by atoms with Gasteiger partial charge < -0.3 is 10.0 Å². The minimum atomic E-state index is -1.09. The number of carboxylic acid groups (broad SMARTS) is 1. The molecule has 0 aliphatic rings. The molecule has 0 aliphatic carbocycles. The van der Waals surface area contributed by atoms with Crippen molar-refractivity contribution in [2.45, 2.75) is 20.3 Å². The minimum Gasteiger partial charge on any atom is -0.478 e.